The summed E-state index contributed by atoms with van der Waals surface area (Å²) >= 11 is 15.4. The molecule has 0 radical (unpaired) electrons. The lowest BCUT2D eigenvalue weighted by molar-refractivity contribution is 0.309. The van der Waals surface area contributed by atoms with Crippen LogP contribution < -0.4 is 9.47 Å². The van der Waals surface area contributed by atoms with Crippen LogP contribution in [0.1, 0.15) is 18.1 Å². The lowest BCUT2D eigenvalue weighted by Crippen LogP contribution is -1.97. The average Bonchev–Trinajstić information content (AvgIpc) is 2.57. The minimum absolute atomic E-state index is 0.403. The number of halogens is 3. The fraction of sp³-hybridized carbons (Fsp3) is 0.167. The molecule has 0 aromatic heterocycles. The van der Waals surface area contributed by atoms with Gasteiger partial charge < -0.3 is 9.47 Å². The van der Waals surface area contributed by atoms with Gasteiger partial charge in [-0.1, -0.05) is 29.3 Å². The molecule has 0 aliphatic carbocycles. The lowest BCUT2D eigenvalue weighted by Gasteiger charge is -2.12. The highest BCUT2D eigenvalue weighted by Gasteiger charge is 2.12. The first-order valence-electron chi connectivity index (χ1n) is 7.07. The van der Waals surface area contributed by atoms with Crippen LogP contribution in [0, 0.1) is 11.3 Å². The third-order valence-corrected chi connectivity index (χ3v) is 4.53. The molecule has 6 heteroatoms. The number of allylic oxidation sites excluding steroid dienone is 1. The molecule has 24 heavy (non-hydrogen) atoms. The van der Waals surface area contributed by atoms with Crippen LogP contribution in [0.15, 0.2) is 34.8 Å². The van der Waals surface area contributed by atoms with E-state index in [1.165, 1.54) is 0 Å². The predicted octanol–water partition coefficient (Wildman–Crippen LogP) is 6.23. The quantitative estimate of drug-likeness (QED) is 0.420. The zero-order valence-electron chi connectivity index (χ0n) is 13.1. The molecule has 0 aliphatic rings. The summed E-state index contributed by atoms with van der Waals surface area (Å²) in [6.45, 7) is 2.43. The highest BCUT2D eigenvalue weighted by atomic mass is 79.9. The topological polar surface area (TPSA) is 42.2 Å². The summed E-state index contributed by atoms with van der Waals surface area (Å²) in [6.07, 6.45) is 1.75. The summed E-state index contributed by atoms with van der Waals surface area (Å²) in [5.74, 6) is 1.22. The molecule has 0 heterocycles. The molecule has 0 unspecified atom stereocenters. The first-order valence-corrected chi connectivity index (χ1v) is 8.62. The molecule has 0 spiro atoms. The van der Waals surface area contributed by atoms with E-state index in [0.717, 1.165) is 10.0 Å². The molecule has 2 aromatic carbocycles. The first-order chi connectivity index (χ1) is 11.5. The normalized spacial score (nSPS) is 11.1. The van der Waals surface area contributed by atoms with Gasteiger partial charge in [-0.05, 0) is 64.3 Å². The second-order valence-corrected chi connectivity index (χ2v) is 6.43. The van der Waals surface area contributed by atoms with Gasteiger partial charge in [0.15, 0.2) is 11.5 Å². The van der Waals surface area contributed by atoms with Crippen molar-refractivity contribution in [3.05, 3.63) is 56.0 Å². The van der Waals surface area contributed by atoms with Crippen LogP contribution >= 0.6 is 39.1 Å². The molecule has 124 valence electrons. The van der Waals surface area contributed by atoms with Crippen molar-refractivity contribution >= 4 is 50.8 Å². The minimum atomic E-state index is 0.403. The van der Waals surface area contributed by atoms with Crippen molar-refractivity contribution in [3.63, 3.8) is 0 Å². The van der Waals surface area contributed by atoms with Gasteiger partial charge in [0.05, 0.1) is 39.9 Å². The van der Waals surface area contributed by atoms with Crippen molar-refractivity contribution in [1.82, 2.24) is 0 Å². The number of benzene rings is 2. The van der Waals surface area contributed by atoms with Crippen LogP contribution in [-0.4, -0.2) is 13.7 Å². The van der Waals surface area contributed by atoms with E-state index >= 15 is 0 Å². The molecule has 0 aliphatic heterocycles. The molecule has 2 rings (SSSR count). The van der Waals surface area contributed by atoms with Crippen molar-refractivity contribution in [2.75, 3.05) is 13.7 Å². The van der Waals surface area contributed by atoms with Crippen LogP contribution in [-0.2, 0) is 0 Å². The number of nitriles is 1. The SMILES string of the molecule is CCOc1c(Br)cc(/C=C(/C#N)c2ccc(Cl)c(Cl)c2)cc1OC. The maximum absolute atomic E-state index is 9.47. The number of ether oxygens (including phenoxy) is 2. The Morgan fingerprint density at radius 2 is 2.00 bits per heavy atom. The lowest BCUT2D eigenvalue weighted by atomic mass is 10.0. The van der Waals surface area contributed by atoms with Crippen molar-refractivity contribution in [2.45, 2.75) is 6.92 Å². The molecule has 2 aromatic rings. The maximum atomic E-state index is 9.47. The van der Waals surface area contributed by atoms with Crippen LogP contribution in [0.5, 0.6) is 11.5 Å². The van der Waals surface area contributed by atoms with Crippen LogP contribution in [0.4, 0.5) is 0 Å². The van der Waals surface area contributed by atoms with E-state index in [9.17, 15) is 5.26 Å². The molecule has 3 nitrogen and oxygen atoms in total. The second-order valence-electron chi connectivity index (χ2n) is 4.77. The molecule has 0 N–H and O–H groups in total. The molecular formula is C18H14BrCl2NO2. The Labute approximate surface area is 159 Å². The zero-order valence-corrected chi connectivity index (χ0v) is 16.2. The van der Waals surface area contributed by atoms with Gasteiger partial charge in [-0.2, -0.15) is 5.26 Å². The van der Waals surface area contributed by atoms with Crippen molar-refractivity contribution in [2.24, 2.45) is 0 Å². The summed E-state index contributed by atoms with van der Waals surface area (Å²) in [5.41, 5.74) is 1.95. The number of nitrogens with zero attached hydrogens (tertiary/aromatic N) is 1. The Kier molecular flexibility index (Phi) is 6.56. The van der Waals surface area contributed by atoms with Crippen molar-refractivity contribution in [1.29, 1.82) is 5.26 Å². The van der Waals surface area contributed by atoms with E-state index in [-0.39, 0.29) is 0 Å². The van der Waals surface area contributed by atoms with Gasteiger partial charge in [-0.15, -0.1) is 0 Å². The van der Waals surface area contributed by atoms with Gasteiger partial charge in [-0.25, -0.2) is 0 Å². The monoisotopic (exact) mass is 425 g/mol. The van der Waals surface area contributed by atoms with Gasteiger partial charge in [0, 0.05) is 0 Å². The van der Waals surface area contributed by atoms with E-state index in [1.807, 2.05) is 19.1 Å². The Hall–Kier alpha value is -1.67. The van der Waals surface area contributed by atoms with E-state index in [1.54, 1.807) is 31.4 Å². The second kappa shape index (κ2) is 8.43. The molecule has 0 saturated carbocycles. The third-order valence-electron chi connectivity index (χ3n) is 3.20. The van der Waals surface area contributed by atoms with Gasteiger partial charge in [0.2, 0.25) is 0 Å². The van der Waals surface area contributed by atoms with E-state index in [4.69, 9.17) is 32.7 Å². The average molecular weight is 427 g/mol. The minimum Gasteiger partial charge on any atom is -0.493 e. The van der Waals surface area contributed by atoms with Gasteiger partial charge >= 0.3 is 0 Å². The molecule has 0 fully saturated rings. The predicted molar refractivity (Wildman–Crippen MR) is 102 cm³/mol. The Morgan fingerprint density at radius 3 is 2.58 bits per heavy atom. The van der Waals surface area contributed by atoms with Crippen molar-refractivity contribution in [3.8, 4) is 17.6 Å². The smallest absolute Gasteiger partial charge is 0.175 e. The first kappa shape index (κ1) is 18.7. The maximum Gasteiger partial charge on any atom is 0.175 e. The van der Waals surface area contributed by atoms with Crippen LogP contribution in [0.25, 0.3) is 11.6 Å². The number of methoxy groups -OCH3 is 1. The molecule has 0 bridgehead atoms. The summed E-state index contributed by atoms with van der Waals surface area (Å²) in [5, 5.41) is 10.3. The molecule has 0 atom stereocenters. The Balaban J connectivity index is 2.49. The molecule has 0 amide bonds. The zero-order chi connectivity index (χ0) is 17.7. The third kappa shape index (κ3) is 4.24. The van der Waals surface area contributed by atoms with Crippen LogP contribution in [0.2, 0.25) is 10.0 Å². The fourth-order valence-corrected chi connectivity index (χ4v) is 2.99. The van der Waals surface area contributed by atoms with Gasteiger partial charge in [-0.3, -0.25) is 0 Å². The molecular weight excluding hydrogens is 413 g/mol. The number of rotatable bonds is 5. The number of hydrogen-bond donors (Lipinski definition) is 0. The number of hydrogen-bond acceptors (Lipinski definition) is 3. The van der Waals surface area contributed by atoms with Gasteiger partial charge in [0.1, 0.15) is 0 Å². The summed E-state index contributed by atoms with van der Waals surface area (Å²) in [6, 6.07) is 10.9. The summed E-state index contributed by atoms with van der Waals surface area (Å²) in [4.78, 5) is 0. The Bertz CT molecular complexity index is 828. The fourth-order valence-electron chi connectivity index (χ4n) is 2.12. The largest absolute Gasteiger partial charge is 0.493 e. The van der Waals surface area contributed by atoms with Gasteiger partial charge in [0.25, 0.3) is 0 Å². The van der Waals surface area contributed by atoms with Crippen molar-refractivity contribution < 1.29 is 9.47 Å². The molecule has 0 saturated heterocycles. The summed E-state index contributed by atoms with van der Waals surface area (Å²) < 4.78 is 11.7. The standard InChI is InChI=1S/C18H14BrCl2NO2/c1-3-24-18-14(19)7-11(8-17(18)23-2)6-13(10-22)12-4-5-15(20)16(21)9-12/h4-9H,3H2,1-2H3/b13-6-. The van der Waals surface area contributed by atoms with E-state index in [2.05, 4.69) is 22.0 Å². The highest BCUT2D eigenvalue weighted by Crippen LogP contribution is 2.37. The Morgan fingerprint density at radius 1 is 1.25 bits per heavy atom. The highest BCUT2D eigenvalue weighted by molar-refractivity contribution is 9.10. The summed E-state index contributed by atoms with van der Waals surface area (Å²) in [7, 11) is 1.57. The van der Waals surface area contributed by atoms with E-state index < -0.39 is 0 Å². The van der Waals surface area contributed by atoms with E-state index in [0.29, 0.717) is 39.3 Å². The van der Waals surface area contributed by atoms with Crippen LogP contribution in [0.3, 0.4) is 0 Å².